The molecule has 10 nitrogen and oxygen atoms in total. The van der Waals surface area contributed by atoms with Gasteiger partial charge in [0.05, 0.1) is 13.0 Å². The predicted octanol–water partition coefficient (Wildman–Crippen LogP) is 4.82. The molecule has 0 fully saturated rings. The van der Waals surface area contributed by atoms with E-state index < -0.39 is 24.3 Å². The standard InChI is InChI=1S/C20H24ClFN2O3.C7H6N4O/c1-20(2,3)27-19(26)24(9-8-22)12-13-4-5-14-6-7-17(21)16(11-18(23)25)15(14)10-13;12-7(10-3-1-8-5-10)11-4-2-9-6-11/h4-7,10H,8-9,11-12H2,1-3H3,(H2,23,25);1-6H. The first kappa shape index (κ1) is 29.3. The zero-order valence-electron chi connectivity index (χ0n) is 21.9. The molecule has 0 bridgehead atoms. The van der Waals surface area contributed by atoms with Gasteiger partial charge in [0.1, 0.15) is 24.9 Å². The van der Waals surface area contributed by atoms with Crippen LogP contribution in [0.4, 0.5) is 14.0 Å². The number of nitrogens with zero attached hydrogens (tertiary/aromatic N) is 5. The summed E-state index contributed by atoms with van der Waals surface area (Å²) in [7, 11) is 0. The first-order valence-electron chi connectivity index (χ1n) is 12.0. The summed E-state index contributed by atoms with van der Waals surface area (Å²) in [4.78, 5) is 44.0. The Bertz CT molecular complexity index is 1380. The molecule has 0 aliphatic carbocycles. The van der Waals surface area contributed by atoms with Crippen LogP contribution in [0.3, 0.4) is 0 Å². The molecule has 2 aromatic heterocycles. The second-order valence-corrected chi connectivity index (χ2v) is 9.95. The van der Waals surface area contributed by atoms with E-state index in [0.29, 0.717) is 10.6 Å². The highest BCUT2D eigenvalue weighted by Gasteiger charge is 2.22. The molecule has 2 amide bonds. The van der Waals surface area contributed by atoms with Crippen LogP contribution in [0.2, 0.25) is 5.02 Å². The molecule has 0 aliphatic heterocycles. The Hall–Kier alpha value is -4.25. The molecule has 12 heteroatoms. The molecule has 2 heterocycles. The second kappa shape index (κ2) is 13.0. The van der Waals surface area contributed by atoms with E-state index in [1.165, 1.54) is 26.7 Å². The number of nitrogens with two attached hydrogens (primary N) is 1. The summed E-state index contributed by atoms with van der Waals surface area (Å²) in [6.45, 7) is 4.70. The van der Waals surface area contributed by atoms with Crippen molar-refractivity contribution < 1.29 is 23.5 Å². The van der Waals surface area contributed by atoms with E-state index in [-0.39, 0.29) is 25.5 Å². The summed E-state index contributed by atoms with van der Waals surface area (Å²) in [6.07, 6.45) is 8.60. The van der Waals surface area contributed by atoms with Crippen molar-refractivity contribution in [1.29, 1.82) is 0 Å². The number of halogens is 2. The molecule has 206 valence electrons. The lowest BCUT2D eigenvalue weighted by Crippen LogP contribution is -2.37. The van der Waals surface area contributed by atoms with Crippen molar-refractivity contribution in [1.82, 2.24) is 24.0 Å². The van der Waals surface area contributed by atoms with Gasteiger partial charge in [0.2, 0.25) is 5.91 Å². The number of benzene rings is 2. The van der Waals surface area contributed by atoms with Crippen LogP contribution in [0.25, 0.3) is 10.8 Å². The Kier molecular flexibility index (Phi) is 9.78. The van der Waals surface area contributed by atoms with E-state index in [0.717, 1.165) is 16.3 Å². The molecule has 4 aromatic rings. The van der Waals surface area contributed by atoms with Crippen LogP contribution < -0.4 is 5.73 Å². The highest BCUT2D eigenvalue weighted by atomic mass is 35.5. The minimum atomic E-state index is -0.675. The zero-order chi connectivity index (χ0) is 28.6. The quantitative estimate of drug-likeness (QED) is 0.363. The molecule has 0 aliphatic rings. The normalized spacial score (nSPS) is 11.0. The molecule has 0 unspecified atom stereocenters. The van der Waals surface area contributed by atoms with E-state index >= 15 is 0 Å². The molecular formula is C27H30ClFN6O4. The van der Waals surface area contributed by atoms with Crippen LogP contribution >= 0.6 is 11.6 Å². The fourth-order valence-corrected chi connectivity index (χ4v) is 3.85. The number of carbonyl (C=O) groups excluding carboxylic acids is 3. The van der Waals surface area contributed by atoms with Crippen molar-refractivity contribution in [2.45, 2.75) is 39.3 Å². The maximum atomic E-state index is 12.9. The average Bonchev–Trinajstić information content (AvgIpc) is 3.59. The summed E-state index contributed by atoms with van der Waals surface area (Å²) in [5.74, 6) is -0.484. The van der Waals surface area contributed by atoms with E-state index in [9.17, 15) is 18.8 Å². The third-order valence-corrected chi connectivity index (χ3v) is 5.68. The zero-order valence-corrected chi connectivity index (χ0v) is 22.6. The first-order valence-corrected chi connectivity index (χ1v) is 12.4. The summed E-state index contributed by atoms with van der Waals surface area (Å²) >= 11 is 6.24. The topological polar surface area (TPSA) is 125 Å². The van der Waals surface area contributed by atoms with Gasteiger partial charge in [0.15, 0.2) is 0 Å². The van der Waals surface area contributed by atoms with Crippen LogP contribution in [-0.2, 0) is 22.5 Å². The SMILES string of the molecule is CC(C)(C)OC(=O)N(CCF)Cc1ccc2ccc(Cl)c(CC(N)=O)c2c1.O=C(n1ccnc1)n1ccnc1. The molecule has 0 atom stereocenters. The Morgan fingerprint density at radius 1 is 1.05 bits per heavy atom. The Morgan fingerprint density at radius 2 is 1.67 bits per heavy atom. The van der Waals surface area contributed by atoms with E-state index in [1.54, 1.807) is 51.6 Å². The minimum absolute atomic E-state index is 0.0138. The number of amides is 2. The van der Waals surface area contributed by atoms with Gasteiger partial charge in [-0.05, 0) is 54.8 Å². The number of rotatable bonds is 6. The predicted molar refractivity (Wildman–Crippen MR) is 145 cm³/mol. The summed E-state index contributed by atoms with van der Waals surface area (Å²) in [5.41, 5.74) is 6.07. The number of aromatic nitrogens is 4. The molecule has 2 N–H and O–H groups in total. The van der Waals surface area contributed by atoms with Gasteiger partial charge in [-0.15, -0.1) is 0 Å². The lowest BCUT2D eigenvalue weighted by Gasteiger charge is -2.27. The van der Waals surface area contributed by atoms with Crippen LogP contribution in [0.1, 0.15) is 31.9 Å². The minimum Gasteiger partial charge on any atom is -0.444 e. The number of carbonyl (C=O) groups is 3. The van der Waals surface area contributed by atoms with E-state index in [2.05, 4.69) is 9.97 Å². The molecule has 2 aromatic carbocycles. The maximum Gasteiger partial charge on any atom is 0.410 e. The molecule has 0 radical (unpaired) electrons. The Balaban J connectivity index is 0.000000289. The van der Waals surface area contributed by atoms with Gasteiger partial charge in [-0.3, -0.25) is 13.9 Å². The number of hydrogen-bond donors (Lipinski definition) is 1. The lowest BCUT2D eigenvalue weighted by atomic mass is 9.99. The molecule has 0 saturated heterocycles. The molecule has 39 heavy (non-hydrogen) atoms. The number of fused-ring (bicyclic) bond motifs is 1. The van der Waals surface area contributed by atoms with Crippen molar-refractivity contribution >= 4 is 40.4 Å². The van der Waals surface area contributed by atoms with Crippen LogP contribution in [0.5, 0.6) is 0 Å². The maximum absolute atomic E-state index is 12.9. The number of hydrogen-bond acceptors (Lipinski definition) is 6. The van der Waals surface area contributed by atoms with Crippen molar-refractivity contribution in [2.75, 3.05) is 13.2 Å². The van der Waals surface area contributed by atoms with Crippen molar-refractivity contribution in [3.63, 3.8) is 0 Å². The average molecular weight is 557 g/mol. The van der Waals surface area contributed by atoms with Gasteiger partial charge in [0.25, 0.3) is 0 Å². The van der Waals surface area contributed by atoms with Gasteiger partial charge >= 0.3 is 12.1 Å². The molecule has 0 saturated carbocycles. The molecular weight excluding hydrogens is 527 g/mol. The van der Waals surface area contributed by atoms with Crippen molar-refractivity contribution in [3.8, 4) is 0 Å². The molecule has 0 spiro atoms. The molecule has 4 rings (SSSR count). The van der Waals surface area contributed by atoms with Crippen molar-refractivity contribution in [2.24, 2.45) is 5.73 Å². The number of primary amides is 1. The summed E-state index contributed by atoms with van der Waals surface area (Å²) in [6, 6.07) is 8.94. The third-order valence-electron chi connectivity index (χ3n) is 5.32. The monoisotopic (exact) mass is 556 g/mol. The fourth-order valence-electron chi connectivity index (χ4n) is 3.62. The highest BCUT2D eigenvalue weighted by molar-refractivity contribution is 6.32. The van der Waals surface area contributed by atoms with Gasteiger partial charge in [-0.2, -0.15) is 0 Å². The van der Waals surface area contributed by atoms with Gasteiger partial charge in [0, 0.05) is 36.4 Å². The van der Waals surface area contributed by atoms with Crippen molar-refractivity contribution in [3.05, 3.63) is 83.9 Å². The number of ether oxygens (including phenoxy) is 1. The van der Waals surface area contributed by atoms with Crippen LogP contribution in [0.15, 0.2) is 67.8 Å². The summed E-state index contributed by atoms with van der Waals surface area (Å²) < 4.78 is 21.0. The van der Waals surface area contributed by atoms with Crippen LogP contribution in [-0.4, -0.2) is 60.9 Å². The van der Waals surface area contributed by atoms with Gasteiger partial charge in [-0.1, -0.05) is 29.8 Å². The van der Waals surface area contributed by atoms with Gasteiger partial charge < -0.3 is 15.4 Å². The smallest absolute Gasteiger partial charge is 0.410 e. The Labute approximate surface area is 230 Å². The largest absolute Gasteiger partial charge is 0.444 e. The van der Waals surface area contributed by atoms with Crippen LogP contribution in [0, 0.1) is 0 Å². The first-order chi connectivity index (χ1) is 18.5. The second-order valence-electron chi connectivity index (χ2n) is 9.54. The lowest BCUT2D eigenvalue weighted by molar-refractivity contribution is -0.117. The van der Waals surface area contributed by atoms with Gasteiger partial charge in [-0.25, -0.2) is 23.9 Å². The number of imidazole rings is 2. The summed E-state index contributed by atoms with van der Waals surface area (Å²) in [5, 5.41) is 2.13. The third kappa shape index (κ3) is 8.37. The number of alkyl halides is 1. The van der Waals surface area contributed by atoms with E-state index in [4.69, 9.17) is 22.1 Å². The highest BCUT2D eigenvalue weighted by Crippen LogP contribution is 2.28. The fraction of sp³-hybridized carbons (Fsp3) is 0.296. The van der Waals surface area contributed by atoms with E-state index in [1.807, 2.05) is 24.3 Å². The Morgan fingerprint density at radius 3 is 2.18 bits per heavy atom.